The molecule has 0 spiro atoms. The van der Waals surface area contributed by atoms with E-state index in [9.17, 15) is 8.78 Å². The van der Waals surface area contributed by atoms with Crippen molar-refractivity contribution in [1.29, 1.82) is 0 Å². The van der Waals surface area contributed by atoms with Crippen LogP contribution in [0.1, 0.15) is 5.56 Å². The topological polar surface area (TPSA) is 29.9 Å². The standard InChI is InChI=1S/C12H11F2N3/c1-2-17-8-9(7-16-17)6-15-11-5-3-4-10(13)12(11)14/h2-5,7-8,15H,1,6H2. The van der Waals surface area contributed by atoms with Crippen molar-refractivity contribution in [1.82, 2.24) is 9.78 Å². The number of hydrogen-bond donors (Lipinski definition) is 1. The Morgan fingerprint density at radius 3 is 2.94 bits per heavy atom. The lowest BCUT2D eigenvalue weighted by Gasteiger charge is -2.06. The van der Waals surface area contributed by atoms with Gasteiger partial charge in [-0.1, -0.05) is 12.6 Å². The molecule has 1 aromatic carbocycles. The van der Waals surface area contributed by atoms with Gasteiger partial charge in [-0.05, 0) is 12.1 Å². The average Bonchev–Trinajstić information content (AvgIpc) is 2.79. The highest BCUT2D eigenvalue weighted by atomic mass is 19.2. The van der Waals surface area contributed by atoms with E-state index in [4.69, 9.17) is 0 Å². The van der Waals surface area contributed by atoms with Crippen molar-refractivity contribution >= 4 is 11.9 Å². The molecule has 0 bridgehead atoms. The summed E-state index contributed by atoms with van der Waals surface area (Å²) in [6, 6.07) is 4.01. The first kappa shape index (κ1) is 11.3. The van der Waals surface area contributed by atoms with Crippen LogP contribution in [0.25, 0.3) is 6.20 Å². The summed E-state index contributed by atoms with van der Waals surface area (Å²) >= 11 is 0. The number of rotatable bonds is 4. The third-order valence-corrected chi connectivity index (χ3v) is 2.28. The molecule has 3 nitrogen and oxygen atoms in total. The lowest BCUT2D eigenvalue weighted by Crippen LogP contribution is -2.01. The highest BCUT2D eigenvalue weighted by Gasteiger charge is 2.07. The molecule has 0 saturated carbocycles. The van der Waals surface area contributed by atoms with E-state index in [1.165, 1.54) is 12.1 Å². The minimum Gasteiger partial charge on any atom is -0.378 e. The van der Waals surface area contributed by atoms with Crippen molar-refractivity contribution in [3.63, 3.8) is 0 Å². The average molecular weight is 235 g/mol. The molecule has 0 aliphatic rings. The van der Waals surface area contributed by atoms with Crippen LogP contribution in [0.3, 0.4) is 0 Å². The van der Waals surface area contributed by atoms with E-state index in [1.807, 2.05) is 0 Å². The van der Waals surface area contributed by atoms with Crippen molar-refractivity contribution in [2.24, 2.45) is 0 Å². The van der Waals surface area contributed by atoms with Crippen molar-refractivity contribution in [2.75, 3.05) is 5.32 Å². The van der Waals surface area contributed by atoms with Gasteiger partial charge in [0.25, 0.3) is 0 Å². The smallest absolute Gasteiger partial charge is 0.181 e. The van der Waals surface area contributed by atoms with Crippen LogP contribution >= 0.6 is 0 Å². The maximum absolute atomic E-state index is 13.3. The number of nitrogens with one attached hydrogen (secondary N) is 1. The minimum atomic E-state index is -0.872. The van der Waals surface area contributed by atoms with Crippen LogP contribution in [-0.4, -0.2) is 9.78 Å². The Labute approximate surface area is 97.4 Å². The van der Waals surface area contributed by atoms with E-state index in [1.54, 1.807) is 23.3 Å². The molecule has 0 aliphatic heterocycles. The Hall–Kier alpha value is -2.17. The molecule has 0 fully saturated rings. The number of benzene rings is 1. The molecule has 1 aromatic heterocycles. The van der Waals surface area contributed by atoms with E-state index in [0.29, 0.717) is 6.54 Å². The summed E-state index contributed by atoms with van der Waals surface area (Å²) in [6.45, 7) is 3.93. The summed E-state index contributed by atoms with van der Waals surface area (Å²) in [7, 11) is 0. The molecule has 0 atom stereocenters. The second-order valence-electron chi connectivity index (χ2n) is 3.47. The lowest BCUT2D eigenvalue weighted by molar-refractivity contribution is 0.511. The Morgan fingerprint density at radius 2 is 2.24 bits per heavy atom. The Morgan fingerprint density at radius 1 is 1.41 bits per heavy atom. The van der Waals surface area contributed by atoms with Crippen LogP contribution in [0.5, 0.6) is 0 Å². The zero-order valence-electron chi connectivity index (χ0n) is 9.03. The van der Waals surface area contributed by atoms with Gasteiger partial charge in [0.15, 0.2) is 11.6 Å². The zero-order chi connectivity index (χ0) is 12.3. The maximum atomic E-state index is 13.3. The molecule has 0 aliphatic carbocycles. The van der Waals surface area contributed by atoms with Gasteiger partial charge in [-0.2, -0.15) is 5.10 Å². The van der Waals surface area contributed by atoms with Gasteiger partial charge >= 0.3 is 0 Å². The maximum Gasteiger partial charge on any atom is 0.181 e. The van der Waals surface area contributed by atoms with Crippen LogP contribution in [0, 0.1) is 11.6 Å². The summed E-state index contributed by atoms with van der Waals surface area (Å²) in [5, 5.41) is 6.78. The van der Waals surface area contributed by atoms with Gasteiger partial charge in [0, 0.05) is 24.5 Å². The fourth-order valence-electron chi connectivity index (χ4n) is 1.41. The first-order chi connectivity index (χ1) is 8.20. The Bertz CT molecular complexity index is 534. The van der Waals surface area contributed by atoms with Crippen LogP contribution in [0.4, 0.5) is 14.5 Å². The SMILES string of the molecule is C=Cn1cc(CNc2cccc(F)c2F)cn1. The molecule has 17 heavy (non-hydrogen) atoms. The fraction of sp³-hybridized carbons (Fsp3) is 0.0833. The van der Waals surface area contributed by atoms with Gasteiger partial charge in [0.1, 0.15) is 0 Å². The van der Waals surface area contributed by atoms with Crippen LogP contribution in [0.15, 0.2) is 37.2 Å². The monoisotopic (exact) mass is 235 g/mol. The fourth-order valence-corrected chi connectivity index (χ4v) is 1.41. The van der Waals surface area contributed by atoms with Gasteiger partial charge in [-0.3, -0.25) is 0 Å². The summed E-state index contributed by atoms with van der Waals surface area (Å²) < 4.78 is 27.8. The molecule has 88 valence electrons. The molecule has 0 unspecified atom stereocenters. The predicted octanol–water partition coefficient (Wildman–Crippen LogP) is 2.87. The second kappa shape index (κ2) is 4.78. The van der Waals surface area contributed by atoms with E-state index in [-0.39, 0.29) is 5.69 Å². The normalized spacial score (nSPS) is 10.2. The summed E-state index contributed by atoms with van der Waals surface area (Å²) in [4.78, 5) is 0. The Balaban J connectivity index is 2.07. The highest BCUT2D eigenvalue weighted by molar-refractivity contribution is 5.45. The summed E-state index contributed by atoms with van der Waals surface area (Å²) in [6.07, 6.45) is 4.93. The van der Waals surface area contributed by atoms with Gasteiger partial charge in [0.2, 0.25) is 0 Å². The lowest BCUT2D eigenvalue weighted by atomic mass is 10.2. The Kier molecular flexibility index (Phi) is 3.18. The zero-order valence-corrected chi connectivity index (χ0v) is 9.03. The first-order valence-electron chi connectivity index (χ1n) is 5.04. The van der Waals surface area contributed by atoms with Crippen molar-refractivity contribution in [3.05, 3.63) is 54.4 Å². The number of halogens is 2. The minimum absolute atomic E-state index is 0.136. The molecule has 0 amide bonds. The molecule has 0 saturated heterocycles. The van der Waals surface area contributed by atoms with Gasteiger partial charge in [-0.25, -0.2) is 13.5 Å². The van der Waals surface area contributed by atoms with Crippen LogP contribution in [-0.2, 0) is 6.54 Å². The van der Waals surface area contributed by atoms with Crippen molar-refractivity contribution in [3.8, 4) is 0 Å². The van der Waals surface area contributed by atoms with E-state index in [0.717, 1.165) is 11.6 Å². The molecule has 1 heterocycles. The highest BCUT2D eigenvalue weighted by Crippen LogP contribution is 2.17. The molecular formula is C12H11F2N3. The third-order valence-electron chi connectivity index (χ3n) is 2.28. The van der Waals surface area contributed by atoms with Crippen LogP contribution in [0.2, 0.25) is 0 Å². The molecule has 2 aromatic rings. The number of hydrogen-bond acceptors (Lipinski definition) is 2. The van der Waals surface area contributed by atoms with E-state index >= 15 is 0 Å². The first-order valence-corrected chi connectivity index (χ1v) is 5.04. The second-order valence-corrected chi connectivity index (χ2v) is 3.47. The van der Waals surface area contributed by atoms with E-state index in [2.05, 4.69) is 17.0 Å². The molecule has 2 rings (SSSR count). The molecule has 0 radical (unpaired) electrons. The van der Waals surface area contributed by atoms with Crippen molar-refractivity contribution in [2.45, 2.75) is 6.54 Å². The molecule has 1 N–H and O–H groups in total. The quantitative estimate of drug-likeness (QED) is 0.883. The summed E-state index contributed by atoms with van der Waals surface area (Å²) in [5.41, 5.74) is 0.991. The van der Waals surface area contributed by atoms with Gasteiger partial charge in [-0.15, -0.1) is 0 Å². The number of nitrogens with zero attached hydrogens (tertiary/aromatic N) is 2. The van der Waals surface area contributed by atoms with Crippen molar-refractivity contribution < 1.29 is 8.78 Å². The summed E-state index contributed by atoms with van der Waals surface area (Å²) in [5.74, 6) is -1.74. The number of anilines is 1. The number of aromatic nitrogens is 2. The van der Waals surface area contributed by atoms with Crippen LogP contribution < -0.4 is 5.32 Å². The third kappa shape index (κ3) is 2.50. The predicted molar refractivity (Wildman–Crippen MR) is 62.3 cm³/mol. The molecule has 5 heteroatoms. The van der Waals surface area contributed by atoms with Gasteiger partial charge in [0.05, 0.1) is 11.9 Å². The van der Waals surface area contributed by atoms with Gasteiger partial charge < -0.3 is 5.32 Å². The largest absolute Gasteiger partial charge is 0.378 e. The molecular weight excluding hydrogens is 224 g/mol. The van der Waals surface area contributed by atoms with E-state index < -0.39 is 11.6 Å².